The van der Waals surface area contributed by atoms with Crippen molar-refractivity contribution in [3.05, 3.63) is 51.8 Å². The van der Waals surface area contributed by atoms with Gasteiger partial charge < -0.3 is 9.72 Å². The lowest BCUT2D eigenvalue weighted by molar-refractivity contribution is 0.177. The summed E-state index contributed by atoms with van der Waals surface area (Å²) < 4.78 is 5.74. The summed E-state index contributed by atoms with van der Waals surface area (Å²) in [6, 6.07) is 6.12. The van der Waals surface area contributed by atoms with Crippen LogP contribution in [0.3, 0.4) is 0 Å². The average molecular weight is 287 g/mol. The Morgan fingerprint density at radius 3 is 3.25 bits per heavy atom. The monoisotopic (exact) mass is 287 g/mol. The van der Waals surface area contributed by atoms with Crippen LogP contribution in [0.15, 0.2) is 24.4 Å². The first-order valence-electron chi connectivity index (χ1n) is 6.81. The van der Waals surface area contributed by atoms with Crippen molar-refractivity contribution in [2.45, 2.75) is 31.8 Å². The first kappa shape index (κ1) is 13.4. The van der Waals surface area contributed by atoms with Crippen molar-refractivity contribution in [2.75, 3.05) is 7.11 Å². The highest BCUT2D eigenvalue weighted by molar-refractivity contribution is 7.71. The Kier molecular flexibility index (Phi) is 3.89. The fraction of sp³-hybridized carbons (Fsp3) is 0.400. The zero-order valence-electron chi connectivity index (χ0n) is 11.4. The molecule has 0 radical (unpaired) electrons. The summed E-state index contributed by atoms with van der Waals surface area (Å²) >= 11 is 5.26. The van der Waals surface area contributed by atoms with Gasteiger partial charge in [-0.25, -0.2) is 4.98 Å². The highest BCUT2D eigenvalue weighted by Gasteiger charge is 2.23. The molecule has 0 fully saturated rings. The molecule has 0 saturated heterocycles. The minimum atomic E-state index is 0.278. The van der Waals surface area contributed by atoms with Gasteiger partial charge in [-0.2, -0.15) is 0 Å². The normalized spacial score (nSPS) is 17.8. The van der Waals surface area contributed by atoms with Gasteiger partial charge in [-0.15, -0.1) is 0 Å². The SMILES string of the molecule is COCc1nc(=S)cc(C2CCCc3cccnc32)[nH]1. The number of methoxy groups -OCH3 is 1. The molecule has 2 aromatic rings. The van der Waals surface area contributed by atoms with Gasteiger partial charge in [0.1, 0.15) is 17.1 Å². The van der Waals surface area contributed by atoms with Gasteiger partial charge in [-0.05, 0) is 37.0 Å². The summed E-state index contributed by atoms with van der Waals surface area (Å²) in [6.07, 6.45) is 5.23. The van der Waals surface area contributed by atoms with Gasteiger partial charge >= 0.3 is 0 Å². The van der Waals surface area contributed by atoms with E-state index < -0.39 is 0 Å². The molecule has 0 saturated carbocycles. The Hall–Kier alpha value is -1.59. The summed E-state index contributed by atoms with van der Waals surface area (Å²) in [5.74, 6) is 1.05. The summed E-state index contributed by atoms with van der Waals surface area (Å²) in [5, 5.41) is 0. The number of aryl methyl sites for hydroxylation is 1. The fourth-order valence-electron chi connectivity index (χ4n) is 2.83. The van der Waals surface area contributed by atoms with Crippen LogP contribution >= 0.6 is 12.2 Å². The number of hydrogen-bond acceptors (Lipinski definition) is 4. The summed E-state index contributed by atoms with van der Waals surface area (Å²) in [7, 11) is 1.66. The van der Waals surface area contributed by atoms with E-state index in [0.29, 0.717) is 11.2 Å². The minimum Gasteiger partial charge on any atom is -0.377 e. The molecule has 0 aliphatic heterocycles. The Morgan fingerprint density at radius 1 is 1.50 bits per heavy atom. The molecule has 5 heteroatoms. The first-order valence-corrected chi connectivity index (χ1v) is 7.21. The summed E-state index contributed by atoms with van der Waals surface area (Å²) in [4.78, 5) is 12.2. The predicted molar refractivity (Wildman–Crippen MR) is 79.2 cm³/mol. The van der Waals surface area contributed by atoms with Crippen molar-refractivity contribution in [3.8, 4) is 0 Å². The third-order valence-corrected chi connectivity index (χ3v) is 3.87. The third-order valence-electron chi connectivity index (χ3n) is 3.66. The van der Waals surface area contributed by atoms with Crippen molar-refractivity contribution in [3.63, 3.8) is 0 Å². The highest BCUT2D eigenvalue weighted by Crippen LogP contribution is 2.34. The van der Waals surface area contributed by atoms with E-state index in [9.17, 15) is 0 Å². The maximum atomic E-state index is 5.26. The van der Waals surface area contributed by atoms with Crippen LogP contribution < -0.4 is 0 Å². The first-order chi connectivity index (χ1) is 9.78. The number of fused-ring (bicyclic) bond motifs is 1. The van der Waals surface area contributed by atoms with Gasteiger partial charge in [0.2, 0.25) is 0 Å². The van der Waals surface area contributed by atoms with E-state index in [1.165, 1.54) is 17.7 Å². The molecule has 0 bridgehead atoms. The molecule has 20 heavy (non-hydrogen) atoms. The topological polar surface area (TPSA) is 50.8 Å². The largest absolute Gasteiger partial charge is 0.377 e. The molecule has 104 valence electrons. The van der Waals surface area contributed by atoms with Crippen molar-refractivity contribution >= 4 is 12.2 Å². The van der Waals surface area contributed by atoms with E-state index in [-0.39, 0.29) is 5.92 Å². The Labute approximate surface area is 123 Å². The van der Waals surface area contributed by atoms with Crippen molar-refractivity contribution < 1.29 is 4.74 Å². The van der Waals surface area contributed by atoms with E-state index in [1.54, 1.807) is 7.11 Å². The second-order valence-electron chi connectivity index (χ2n) is 5.05. The molecule has 1 aliphatic rings. The Morgan fingerprint density at radius 2 is 2.40 bits per heavy atom. The van der Waals surface area contributed by atoms with Crippen LogP contribution in [0.25, 0.3) is 0 Å². The van der Waals surface area contributed by atoms with Gasteiger partial charge in [-0.1, -0.05) is 18.3 Å². The number of hydrogen-bond donors (Lipinski definition) is 1. The number of nitrogens with one attached hydrogen (secondary N) is 1. The zero-order chi connectivity index (χ0) is 13.9. The molecular weight excluding hydrogens is 270 g/mol. The summed E-state index contributed by atoms with van der Waals surface area (Å²) in [6.45, 7) is 0.444. The molecule has 0 amide bonds. The number of aromatic nitrogens is 3. The van der Waals surface area contributed by atoms with Crippen LogP contribution in [0.2, 0.25) is 0 Å². The number of H-pyrrole nitrogens is 1. The minimum absolute atomic E-state index is 0.278. The standard InChI is InChI=1S/C15H17N3OS/c1-19-9-13-17-12(8-14(20)18-13)11-6-2-4-10-5-3-7-16-15(10)11/h3,5,7-8,11H,2,4,6,9H2,1H3,(H,17,18,20). The lowest BCUT2D eigenvalue weighted by Gasteiger charge is -2.24. The Balaban J connectivity index is 2.04. The van der Waals surface area contributed by atoms with Crippen LogP contribution in [-0.4, -0.2) is 22.1 Å². The van der Waals surface area contributed by atoms with E-state index in [0.717, 1.165) is 24.4 Å². The smallest absolute Gasteiger partial charge is 0.134 e. The molecule has 3 rings (SSSR count). The molecular formula is C15H17N3OS. The molecule has 2 heterocycles. The quantitative estimate of drug-likeness (QED) is 0.881. The third kappa shape index (κ3) is 2.64. The maximum Gasteiger partial charge on any atom is 0.134 e. The van der Waals surface area contributed by atoms with E-state index in [4.69, 9.17) is 17.0 Å². The molecule has 1 aliphatic carbocycles. The van der Waals surface area contributed by atoms with Crippen molar-refractivity contribution in [2.24, 2.45) is 0 Å². The zero-order valence-corrected chi connectivity index (χ0v) is 12.2. The van der Waals surface area contributed by atoms with Crippen LogP contribution in [0.5, 0.6) is 0 Å². The van der Waals surface area contributed by atoms with E-state index >= 15 is 0 Å². The number of ether oxygens (including phenoxy) is 1. The lowest BCUT2D eigenvalue weighted by atomic mass is 9.84. The van der Waals surface area contributed by atoms with Gasteiger partial charge in [-0.3, -0.25) is 4.98 Å². The molecule has 1 unspecified atom stereocenters. The molecule has 4 nitrogen and oxygen atoms in total. The number of rotatable bonds is 3. The predicted octanol–water partition coefficient (Wildman–Crippen LogP) is 3.15. The highest BCUT2D eigenvalue weighted by atomic mass is 32.1. The maximum absolute atomic E-state index is 5.26. The van der Waals surface area contributed by atoms with E-state index in [2.05, 4.69) is 21.0 Å². The molecule has 1 N–H and O–H groups in total. The second-order valence-corrected chi connectivity index (χ2v) is 5.47. The lowest BCUT2D eigenvalue weighted by Crippen LogP contribution is -2.15. The van der Waals surface area contributed by atoms with Crippen molar-refractivity contribution in [1.29, 1.82) is 0 Å². The number of pyridine rings is 1. The molecule has 0 aromatic carbocycles. The fourth-order valence-corrected chi connectivity index (χ4v) is 3.07. The van der Waals surface area contributed by atoms with Gasteiger partial charge in [0.25, 0.3) is 0 Å². The van der Waals surface area contributed by atoms with Gasteiger partial charge in [0, 0.05) is 24.9 Å². The average Bonchev–Trinajstić information content (AvgIpc) is 2.46. The van der Waals surface area contributed by atoms with Gasteiger partial charge in [0.05, 0.1) is 5.69 Å². The second kappa shape index (κ2) is 5.81. The number of aromatic amines is 1. The van der Waals surface area contributed by atoms with Crippen LogP contribution in [0.4, 0.5) is 0 Å². The van der Waals surface area contributed by atoms with Crippen LogP contribution in [0, 0.1) is 4.64 Å². The van der Waals surface area contributed by atoms with Crippen LogP contribution in [-0.2, 0) is 17.8 Å². The van der Waals surface area contributed by atoms with Crippen molar-refractivity contribution in [1.82, 2.24) is 15.0 Å². The molecule has 0 spiro atoms. The molecule has 1 atom stereocenters. The van der Waals surface area contributed by atoms with Crippen LogP contribution in [0.1, 0.15) is 41.5 Å². The number of nitrogens with zero attached hydrogens (tertiary/aromatic N) is 2. The Bertz CT molecular complexity index is 668. The summed E-state index contributed by atoms with van der Waals surface area (Å²) in [5.41, 5.74) is 3.60. The van der Waals surface area contributed by atoms with Gasteiger partial charge in [0.15, 0.2) is 0 Å². The molecule has 2 aromatic heterocycles. The van der Waals surface area contributed by atoms with E-state index in [1.807, 2.05) is 18.3 Å².